The van der Waals surface area contributed by atoms with Crippen molar-refractivity contribution in [3.8, 4) is 6.07 Å². The number of rotatable bonds is 2. The first-order valence-corrected chi connectivity index (χ1v) is 6.34. The van der Waals surface area contributed by atoms with E-state index in [0.717, 1.165) is 12.1 Å². The summed E-state index contributed by atoms with van der Waals surface area (Å²) in [5, 5.41) is 8.78. The van der Waals surface area contributed by atoms with Crippen LogP contribution >= 0.6 is 0 Å². The number of anilines is 1. The first-order chi connectivity index (χ1) is 9.88. The molecule has 1 unspecified atom stereocenters. The van der Waals surface area contributed by atoms with Crippen molar-refractivity contribution in [2.75, 3.05) is 18.6 Å². The Bertz CT molecular complexity index is 593. The molecule has 0 spiro atoms. The van der Waals surface area contributed by atoms with Gasteiger partial charge in [-0.3, -0.25) is 0 Å². The number of methoxy groups -OCH3 is 1. The van der Waals surface area contributed by atoms with Crippen molar-refractivity contribution in [3.05, 3.63) is 29.3 Å². The monoisotopic (exact) mass is 298 g/mol. The highest BCUT2D eigenvalue weighted by molar-refractivity contribution is 5.81. The summed E-state index contributed by atoms with van der Waals surface area (Å²) in [7, 11) is 1.25. The summed E-state index contributed by atoms with van der Waals surface area (Å²) >= 11 is 0. The van der Waals surface area contributed by atoms with Gasteiger partial charge in [-0.2, -0.15) is 18.4 Å². The van der Waals surface area contributed by atoms with Crippen molar-refractivity contribution in [2.45, 2.75) is 25.1 Å². The minimum absolute atomic E-state index is 0.272. The molecule has 1 aliphatic rings. The number of ether oxygens (including phenoxy) is 1. The normalized spacial score (nSPS) is 18.4. The van der Waals surface area contributed by atoms with E-state index in [1.807, 2.05) is 0 Å². The predicted molar refractivity (Wildman–Crippen MR) is 68.5 cm³/mol. The molecular formula is C14H13F3N2O2. The Kier molecular flexibility index (Phi) is 4.07. The van der Waals surface area contributed by atoms with Crippen LogP contribution in [0.15, 0.2) is 18.2 Å². The van der Waals surface area contributed by atoms with Gasteiger partial charge in [0.25, 0.3) is 0 Å². The van der Waals surface area contributed by atoms with E-state index in [1.54, 1.807) is 4.90 Å². The number of nitriles is 1. The highest BCUT2D eigenvalue weighted by Gasteiger charge is 2.36. The van der Waals surface area contributed by atoms with Crippen molar-refractivity contribution >= 4 is 11.7 Å². The van der Waals surface area contributed by atoms with Gasteiger partial charge in [0.15, 0.2) is 0 Å². The molecule has 0 aromatic heterocycles. The van der Waals surface area contributed by atoms with E-state index in [9.17, 15) is 18.0 Å². The second-order valence-corrected chi connectivity index (χ2v) is 4.71. The minimum atomic E-state index is -4.61. The number of carbonyl (C=O) groups is 1. The fourth-order valence-electron chi connectivity index (χ4n) is 2.50. The molecule has 4 nitrogen and oxygen atoms in total. The van der Waals surface area contributed by atoms with E-state index in [0.29, 0.717) is 19.4 Å². The Morgan fingerprint density at radius 3 is 2.76 bits per heavy atom. The average molecular weight is 298 g/mol. The van der Waals surface area contributed by atoms with Crippen LogP contribution in [0.4, 0.5) is 18.9 Å². The van der Waals surface area contributed by atoms with Gasteiger partial charge in [-0.1, -0.05) is 0 Å². The molecule has 0 radical (unpaired) electrons. The first kappa shape index (κ1) is 15.2. The van der Waals surface area contributed by atoms with Crippen LogP contribution < -0.4 is 4.90 Å². The van der Waals surface area contributed by atoms with E-state index < -0.39 is 29.3 Å². The molecular weight excluding hydrogens is 285 g/mol. The van der Waals surface area contributed by atoms with Gasteiger partial charge in [-0.15, -0.1) is 0 Å². The number of alkyl halides is 3. The van der Waals surface area contributed by atoms with Crippen LogP contribution in [0.5, 0.6) is 0 Å². The average Bonchev–Trinajstić information content (AvgIpc) is 2.94. The SMILES string of the molecule is COC(=O)C1CCCN1c1ccc(C#N)c(C(F)(F)F)c1. The minimum Gasteiger partial charge on any atom is -0.467 e. The number of hydrogen-bond donors (Lipinski definition) is 0. The molecule has 0 aliphatic carbocycles. The topological polar surface area (TPSA) is 53.3 Å². The molecule has 112 valence electrons. The van der Waals surface area contributed by atoms with Crippen molar-refractivity contribution in [3.63, 3.8) is 0 Å². The van der Waals surface area contributed by atoms with Gasteiger partial charge in [0.05, 0.1) is 24.3 Å². The molecule has 1 saturated heterocycles. The van der Waals surface area contributed by atoms with Gasteiger partial charge in [0.2, 0.25) is 0 Å². The highest BCUT2D eigenvalue weighted by atomic mass is 19.4. The molecule has 0 saturated carbocycles. The van der Waals surface area contributed by atoms with Crippen LogP contribution in [0.3, 0.4) is 0 Å². The lowest BCUT2D eigenvalue weighted by atomic mass is 10.1. The standard InChI is InChI=1S/C14H13F3N2O2/c1-21-13(20)12-3-2-6-19(12)10-5-4-9(8-18)11(7-10)14(15,16)17/h4-5,7,12H,2-3,6H2,1H3. The lowest BCUT2D eigenvalue weighted by Gasteiger charge is -2.25. The van der Waals surface area contributed by atoms with Gasteiger partial charge >= 0.3 is 12.1 Å². The summed E-state index contributed by atoms with van der Waals surface area (Å²) in [6.45, 7) is 0.475. The third-order valence-corrected chi connectivity index (χ3v) is 3.49. The van der Waals surface area contributed by atoms with Crippen LogP contribution in [0.1, 0.15) is 24.0 Å². The van der Waals surface area contributed by atoms with E-state index in [1.165, 1.54) is 19.2 Å². The van der Waals surface area contributed by atoms with Gasteiger partial charge in [0, 0.05) is 12.2 Å². The molecule has 1 heterocycles. The summed E-state index contributed by atoms with van der Waals surface area (Å²) in [6.07, 6.45) is -3.38. The van der Waals surface area contributed by atoms with Gasteiger partial charge in [-0.25, -0.2) is 4.79 Å². The zero-order chi connectivity index (χ0) is 15.6. The van der Waals surface area contributed by atoms with Gasteiger partial charge < -0.3 is 9.64 Å². The Labute approximate surface area is 119 Å². The summed E-state index contributed by atoms with van der Waals surface area (Å²) in [5.41, 5.74) is -1.15. The van der Waals surface area contributed by atoms with Crippen LogP contribution in [-0.4, -0.2) is 25.7 Å². The molecule has 1 atom stereocenters. The molecule has 1 aromatic rings. The first-order valence-electron chi connectivity index (χ1n) is 6.34. The Morgan fingerprint density at radius 2 is 2.19 bits per heavy atom. The molecule has 21 heavy (non-hydrogen) atoms. The van der Waals surface area contributed by atoms with E-state index in [-0.39, 0.29) is 5.69 Å². The maximum Gasteiger partial charge on any atom is 0.417 e. The highest BCUT2D eigenvalue weighted by Crippen LogP contribution is 2.36. The van der Waals surface area contributed by atoms with Crippen molar-refractivity contribution in [1.29, 1.82) is 5.26 Å². The Hall–Kier alpha value is -2.23. The van der Waals surface area contributed by atoms with E-state index in [4.69, 9.17) is 5.26 Å². The fourth-order valence-corrected chi connectivity index (χ4v) is 2.50. The summed E-state index contributed by atoms with van der Waals surface area (Å²) in [5.74, 6) is -0.467. The maximum atomic E-state index is 13.0. The lowest BCUT2D eigenvalue weighted by molar-refractivity contribution is -0.142. The molecule has 0 bridgehead atoms. The molecule has 7 heteroatoms. The number of hydrogen-bond acceptors (Lipinski definition) is 4. The predicted octanol–water partition coefficient (Wildman–Crippen LogP) is 2.72. The quantitative estimate of drug-likeness (QED) is 0.788. The summed E-state index contributed by atoms with van der Waals surface area (Å²) in [4.78, 5) is 13.2. The molecule has 0 amide bonds. The van der Waals surface area contributed by atoms with Crippen molar-refractivity contribution in [1.82, 2.24) is 0 Å². The maximum absolute atomic E-state index is 13.0. The fraction of sp³-hybridized carbons (Fsp3) is 0.429. The van der Waals surface area contributed by atoms with Crippen molar-refractivity contribution < 1.29 is 22.7 Å². The number of nitrogens with zero attached hydrogens (tertiary/aromatic N) is 2. The second kappa shape index (κ2) is 5.64. The smallest absolute Gasteiger partial charge is 0.417 e. The molecule has 2 rings (SSSR count). The Balaban J connectivity index is 2.41. The van der Waals surface area contributed by atoms with Gasteiger partial charge in [-0.05, 0) is 31.0 Å². The zero-order valence-corrected chi connectivity index (χ0v) is 11.3. The van der Waals surface area contributed by atoms with Crippen molar-refractivity contribution in [2.24, 2.45) is 0 Å². The number of halogens is 3. The van der Waals surface area contributed by atoms with E-state index >= 15 is 0 Å². The number of carbonyl (C=O) groups excluding carboxylic acids is 1. The van der Waals surface area contributed by atoms with Crippen LogP contribution in [-0.2, 0) is 15.7 Å². The summed E-state index contributed by atoms with van der Waals surface area (Å²) < 4.78 is 43.6. The summed E-state index contributed by atoms with van der Waals surface area (Å²) in [6, 6.07) is 4.43. The number of esters is 1. The molecule has 1 fully saturated rings. The Morgan fingerprint density at radius 1 is 1.48 bits per heavy atom. The zero-order valence-electron chi connectivity index (χ0n) is 11.3. The largest absolute Gasteiger partial charge is 0.467 e. The molecule has 1 aromatic carbocycles. The number of benzene rings is 1. The van der Waals surface area contributed by atoms with Crippen LogP contribution in [0, 0.1) is 11.3 Å². The molecule has 0 N–H and O–H groups in total. The van der Waals surface area contributed by atoms with Crippen LogP contribution in [0.2, 0.25) is 0 Å². The third kappa shape index (κ3) is 2.94. The van der Waals surface area contributed by atoms with Gasteiger partial charge in [0.1, 0.15) is 6.04 Å². The third-order valence-electron chi connectivity index (χ3n) is 3.49. The van der Waals surface area contributed by atoms with Crippen LogP contribution in [0.25, 0.3) is 0 Å². The lowest BCUT2D eigenvalue weighted by Crippen LogP contribution is -2.37. The molecule has 1 aliphatic heterocycles. The van der Waals surface area contributed by atoms with E-state index in [2.05, 4.69) is 4.74 Å². The second-order valence-electron chi connectivity index (χ2n) is 4.71.